The number of piperidine rings is 1. The van der Waals surface area contributed by atoms with E-state index in [1.807, 2.05) is 4.90 Å². The fourth-order valence-corrected chi connectivity index (χ4v) is 4.51. The van der Waals surface area contributed by atoms with Crippen molar-refractivity contribution >= 4 is 30.8 Å². The van der Waals surface area contributed by atoms with Crippen LogP contribution in [0.4, 0.5) is 14.5 Å². The smallest absolute Gasteiger partial charge is 0.270 e. The Balaban J connectivity index is 1.50. The molecule has 0 unspecified atom stereocenters. The van der Waals surface area contributed by atoms with E-state index in [1.54, 1.807) is 0 Å². The molecule has 1 saturated carbocycles. The molecular weight excluding hydrogens is 387 g/mol. The normalized spacial score (nSPS) is 23.3. The van der Waals surface area contributed by atoms with Crippen LogP contribution in [0.3, 0.4) is 0 Å². The summed E-state index contributed by atoms with van der Waals surface area (Å²) in [4.78, 5) is 27.1. The van der Waals surface area contributed by atoms with Crippen LogP contribution in [0.5, 0.6) is 0 Å². The van der Waals surface area contributed by atoms with E-state index >= 15 is 0 Å². The average Bonchev–Trinajstić information content (AvgIpc) is 2.67. The Morgan fingerprint density at radius 2 is 1.83 bits per heavy atom. The first-order valence-corrected chi connectivity index (χ1v) is 10.8. The molecule has 30 heavy (non-hydrogen) atoms. The third kappa shape index (κ3) is 5.81. The number of hydrogen-bond donors (Lipinski definition) is 2. The van der Waals surface area contributed by atoms with Gasteiger partial charge in [-0.3, -0.25) is 9.59 Å². The highest BCUT2D eigenvalue weighted by atomic mass is 19.3. The van der Waals surface area contributed by atoms with Crippen molar-refractivity contribution in [2.75, 3.05) is 18.4 Å². The molecule has 1 aliphatic carbocycles. The number of hydrogen-bond acceptors (Lipinski definition) is 3. The summed E-state index contributed by atoms with van der Waals surface area (Å²) in [5.41, 5.74) is 6.37. The summed E-state index contributed by atoms with van der Waals surface area (Å²) in [6.45, 7) is 2.05. The summed E-state index contributed by atoms with van der Waals surface area (Å²) in [5.74, 6) is -3.03. The molecule has 1 saturated heterocycles. The van der Waals surface area contributed by atoms with Crippen LogP contribution >= 0.6 is 0 Å². The summed E-state index contributed by atoms with van der Waals surface area (Å²) >= 11 is 0. The van der Waals surface area contributed by atoms with Crippen LogP contribution in [0.25, 0.3) is 0 Å². The van der Waals surface area contributed by atoms with E-state index in [0.717, 1.165) is 45.4 Å². The molecule has 1 aromatic rings. The van der Waals surface area contributed by atoms with Gasteiger partial charge in [-0.25, -0.2) is 8.78 Å². The summed E-state index contributed by atoms with van der Waals surface area (Å²) in [7, 11) is 5.70. The molecule has 0 spiro atoms. The predicted octanol–water partition coefficient (Wildman–Crippen LogP) is 2.68. The third-order valence-corrected chi connectivity index (χ3v) is 6.28. The largest absolute Gasteiger partial charge is 0.342 e. The topological polar surface area (TPSA) is 75.4 Å². The van der Waals surface area contributed by atoms with Crippen molar-refractivity contribution in [2.24, 2.45) is 17.6 Å². The number of anilines is 1. The van der Waals surface area contributed by atoms with Gasteiger partial charge >= 0.3 is 0 Å². The summed E-state index contributed by atoms with van der Waals surface area (Å²) < 4.78 is 27.2. The number of halogens is 2. The van der Waals surface area contributed by atoms with Crippen molar-refractivity contribution in [1.29, 1.82) is 0 Å². The minimum atomic E-state index is -3.03. The van der Waals surface area contributed by atoms with Gasteiger partial charge in [-0.1, -0.05) is 24.4 Å². The van der Waals surface area contributed by atoms with Crippen LogP contribution < -0.4 is 16.5 Å². The Kier molecular flexibility index (Phi) is 7.16. The van der Waals surface area contributed by atoms with E-state index < -0.39 is 5.92 Å². The minimum Gasteiger partial charge on any atom is -0.342 e. The van der Waals surface area contributed by atoms with Gasteiger partial charge in [0.25, 0.3) is 5.92 Å². The van der Waals surface area contributed by atoms with Crippen molar-refractivity contribution < 1.29 is 18.4 Å². The zero-order chi connectivity index (χ0) is 21.9. The number of carbonyl (C=O) groups is 2. The molecule has 2 atom stereocenters. The number of nitrogens with one attached hydrogen (secondary N) is 1. The molecule has 2 aliphatic rings. The van der Waals surface area contributed by atoms with Crippen molar-refractivity contribution in [3.05, 3.63) is 23.8 Å². The molecule has 2 radical (unpaired) electrons. The lowest BCUT2D eigenvalue weighted by atomic mass is 9.83. The second kappa shape index (κ2) is 9.46. The highest BCUT2D eigenvalue weighted by Crippen LogP contribution is 2.29. The molecular formula is C22H30BF2N3O2. The molecule has 8 heteroatoms. The van der Waals surface area contributed by atoms with Crippen LogP contribution in [-0.2, 0) is 15.5 Å². The highest BCUT2D eigenvalue weighted by molar-refractivity contribution is 6.32. The number of alkyl halides is 2. The van der Waals surface area contributed by atoms with Crippen LogP contribution in [0.15, 0.2) is 18.2 Å². The molecule has 2 fully saturated rings. The van der Waals surface area contributed by atoms with Crippen LogP contribution in [0, 0.1) is 11.8 Å². The van der Waals surface area contributed by atoms with Crippen molar-refractivity contribution in [1.82, 2.24) is 4.90 Å². The summed E-state index contributed by atoms with van der Waals surface area (Å²) in [5, 5.41) is 2.68. The van der Waals surface area contributed by atoms with E-state index in [0.29, 0.717) is 13.1 Å². The molecule has 1 heterocycles. The van der Waals surface area contributed by atoms with E-state index in [2.05, 4.69) is 5.32 Å². The lowest BCUT2D eigenvalue weighted by molar-refractivity contribution is -0.138. The van der Waals surface area contributed by atoms with E-state index in [1.165, 1.54) is 18.2 Å². The zero-order valence-corrected chi connectivity index (χ0v) is 17.5. The number of nitrogens with two attached hydrogens (primary N) is 1. The second-order valence-electron chi connectivity index (χ2n) is 8.81. The van der Waals surface area contributed by atoms with Gasteiger partial charge in [-0.2, -0.15) is 0 Å². The lowest BCUT2D eigenvalue weighted by Crippen LogP contribution is -2.48. The van der Waals surface area contributed by atoms with Gasteiger partial charge < -0.3 is 16.0 Å². The first-order valence-electron chi connectivity index (χ1n) is 10.8. The molecule has 162 valence electrons. The van der Waals surface area contributed by atoms with Gasteiger partial charge in [0, 0.05) is 43.7 Å². The Hall–Kier alpha value is -1.96. The maximum atomic E-state index is 13.6. The highest BCUT2D eigenvalue weighted by Gasteiger charge is 2.33. The lowest BCUT2D eigenvalue weighted by Gasteiger charge is -2.37. The maximum Gasteiger partial charge on any atom is 0.270 e. The molecule has 2 amide bonds. The number of likely N-dealkylation sites (tertiary alicyclic amines) is 1. The number of benzene rings is 1. The Morgan fingerprint density at radius 1 is 1.17 bits per heavy atom. The fourth-order valence-electron chi connectivity index (χ4n) is 4.51. The molecule has 3 N–H and O–H groups in total. The molecule has 0 bridgehead atoms. The van der Waals surface area contributed by atoms with Gasteiger partial charge in [0.15, 0.2) is 0 Å². The molecule has 1 aliphatic heterocycles. The molecule has 3 rings (SSSR count). The third-order valence-electron chi connectivity index (χ3n) is 6.28. The van der Waals surface area contributed by atoms with E-state index in [4.69, 9.17) is 13.6 Å². The van der Waals surface area contributed by atoms with Gasteiger partial charge in [0.05, 0.1) is 5.92 Å². The Morgan fingerprint density at radius 3 is 2.47 bits per heavy atom. The van der Waals surface area contributed by atoms with Gasteiger partial charge in [0.1, 0.15) is 7.85 Å². The monoisotopic (exact) mass is 417 g/mol. The van der Waals surface area contributed by atoms with Gasteiger partial charge in [0.2, 0.25) is 11.8 Å². The average molecular weight is 417 g/mol. The Labute approximate surface area is 178 Å². The minimum absolute atomic E-state index is 0.0477. The van der Waals surface area contributed by atoms with Crippen LogP contribution in [-0.4, -0.2) is 43.7 Å². The summed E-state index contributed by atoms with van der Waals surface area (Å²) in [6, 6.07) is 3.89. The molecule has 5 nitrogen and oxygen atoms in total. The maximum absolute atomic E-state index is 13.6. The van der Waals surface area contributed by atoms with Crippen molar-refractivity contribution in [3.63, 3.8) is 0 Å². The van der Waals surface area contributed by atoms with Crippen LogP contribution in [0.2, 0.25) is 0 Å². The SMILES string of the molecule is [B]c1cc(NC(=O)CC2CCN(C(=O)[C@H]3CCCC[C@@H]3N)CC2)cc(C(C)(F)F)c1. The quantitative estimate of drug-likeness (QED) is 0.724. The van der Waals surface area contributed by atoms with Crippen LogP contribution in [0.1, 0.15) is 57.4 Å². The standard InChI is InChI=1S/C22H30BF2N3O2/c1-22(24,25)15-11-16(23)13-17(12-15)27-20(29)10-14-6-8-28(9-7-14)21(30)18-4-2-3-5-19(18)26/h11-14,18-19H,2-10,26H2,1H3,(H,27,29)/t18-,19-/m0/s1. The molecule has 1 aromatic carbocycles. The predicted molar refractivity (Wildman–Crippen MR) is 114 cm³/mol. The summed E-state index contributed by atoms with van der Waals surface area (Å²) in [6.07, 6.45) is 5.69. The number of amides is 2. The van der Waals surface area contributed by atoms with Gasteiger partial charge in [-0.15, -0.1) is 0 Å². The number of nitrogens with zero attached hydrogens (tertiary/aromatic N) is 1. The fraction of sp³-hybridized carbons (Fsp3) is 0.636. The van der Waals surface area contributed by atoms with E-state index in [9.17, 15) is 18.4 Å². The number of rotatable bonds is 5. The Bertz CT molecular complexity index is 776. The van der Waals surface area contributed by atoms with Crippen molar-refractivity contribution in [3.8, 4) is 0 Å². The van der Waals surface area contributed by atoms with Gasteiger partial charge in [-0.05, 0) is 43.7 Å². The van der Waals surface area contributed by atoms with Crippen molar-refractivity contribution in [2.45, 2.75) is 63.8 Å². The number of carbonyl (C=O) groups excluding carboxylic acids is 2. The first kappa shape index (κ1) is 22.7. The van der Waals surface area contributed by atoms with E-state index in [-0.39, 0.29) is 52.8 Å². The molecule has 0 aromatic heterocycles. The first-order chi connectivity index (χ1) is 14.1. The zero-order valence-electron chi connectivity index (χ0n) is 17.5. The second-order valence-corrected chi connectivity index (χ2v) is 8.81.